The first-order valence-corrected chi connectivity index (χ1v) is 8.31. The zero-order valence-electron chi connectivity index (χ0n) is 11.9. The minimum absolute atomic E-state index is 0.183. The Hall–Kier alpha value is -1.74. The summed E-state index contributed by atoms with van der Waals surface area (Å²) in [7, 11) is 0. The van der Waals surface area contributed by atoms with E-state index in [4.69, 9.17) is 0 Å². The topological polar surface area (TPSA) is 29.1 Å². The Balaban J connectivity index is 1.49. The molecule has 1 amide bonds. The third-order valence-corrected chi connectivity index (χ3v) is 4.92. The van der Waals surface area contributed by atoms with E-state index in [1.165, 1.54) is 4.90 Å². The van der Waals surface area contributed by atoms with Crippen molar-refractivity contribution in [1.82, 2.24) is 5.32 Å². The predicted octanol–water partition coefficient (Wildman–Crippen LogP) is 3.63. The highest BCUT2D eigenvalue weighted by Gasteiger charge is 2.50. The fourth-order valence-electron chi connectivity index (χ4n) is 2.55. The number of rotatable bonds is 6. The minimum Gasteiger partial charge on any atom is -0.354 e. The van der Waals surface area contributed by atoms with Crippen molar-refractivity contribution >= 4 is 17.7 Å². The summed E-state index contributed by atoms with van der Waals surface area (Å²) >= 11 is 1.77. The summed E-state index contributed by atoms with van der Waals surface area (Å²) in [6.45, 7) is 0.715. The molecular weight excluding hydrogens is 278 g/mol. The fourth-order valence-corrected chi connectivity index (χ4v) is 3.34. The molecule has 0 radical (unpaired) electrons. The van der Waals surface area contributed by atoms with Crippen molar-refractivity contribution in [2.45, 2.75) is 23.2 Å². The number of thioether (sulfide) groups is 1. The smallest absolute Gasteiger partial charge is 0.230 e. The van der Waals surface area contributed by atoms with Crippen LogP contribution in [0.3, 0.4) is 0 Å². The van der Waals surface area contributed by atoms with Gasteiger partial charge in [-0.15, -0.1) is 11.8 Å². The Bertz CT molecular complexity index is 593. The van der Waals surface area contributed by atoms with Crippen molar-refractivity contribution in [2.75, 3.05) is 12.3 Å². The molecule has 1 N–H and O–H groups in total. The summed E-state index contributed by atoms with van der Waals surface area (Å²) in [4.78, 5) is 13.7. The van der Waals surface area contributed by atoms with Crippen molar-refractivity contribution in [3.63, 3.8) is 0 Å². The number of nitrogens with one attached hydrogen (secondary N) is 1. The second-order valence-corrected chi connectivity index (χ2v) is 6.53. The van der Waals surface area contributed by atoms with E-state index in [0.717, 1.165) is 24.2 Å². The van der Waals surface area contributed by atoms with Gasteiger partial charge in [-0.1, -0.05) is 48.5 Å². The van der Waals surface area contributed by atoms with Crippen LogP contribution in [0.25, 0.3) is 0 Å². The van der Waals surface area contributed by atoms with Crippen LogP contribution in [-0.4, -0.2) is 18.2 Å². The quantitative estimate of drug-likeness (QED) is 0.651. The maximum Gasteiger partial charge on any atom is 0.230 e. The molecular formula is C18H19NOS. The number of carbonyl (C=O) groups excluding carboxylic acids is 1. The molecule has 1 aliphatic carbocycles. The molecule has 0 bridgehead atoms. The van der Waals surface area contributed by atoms with Crippen molar-refractivity contribution in [1.29, 1.82) is 0 Å². The predicted molar refractivity (Wildman–Crippen MR) is 87.5 cm³/mol. The molecule has 0 heterocycles. The Labute approximate surface area is 130 Å². The van der Waals surface area contributed by atoms with Gasteiger partial charge in [0.05, 0.1) is 5.41 Å². The number of carbonyl (C=O) groups is 1. The van der Waals surface area contributed by atoms with Crippen LogP contribution in [0.4, 0.5) is 0 Å². The van der Waals surface area contributed by atoms with E-state index in [9.17, 15) is 4.79 Å². The molecule has 1 fully saturated rings. The molecule has 0 unspecified atom stereocenters. The molecule has 3 rings (SSSR count). The molecule has 1 saturated carbocycles. The van der Waals surface area contributed by atoms with Gasteiger partial charge in [-0.2, -0.15) is 0 Å². The lowest BCUT2D eigenvalue weighted by Crippen LogP contribution is -2.36. The molecule has 108 valence electrons. The van der Waals surface area contributed by atoms with E-state index in [1.807, 2.05) is 36.4 Å². The maximum atomic E-state index is 12.4. The number of hydrogen-bond donors (Lipinski definition) is 1. The van der Waals surface area contributed by atoms with Gasteiger partial charge >= 0.3 is 0 Å². The first-order chi connectivity index (χ1) is 10.3. The van der Waals surface area contributed by atoms with Gasteiger partial charge < -0.3 is 5.32 Å². The van der Waals surface area contributed by atoms with Crippen LogP contribution in [-0.2, 0) is 10.2 Å². The van der Waals surface area contributed by atoms with Crippen LogP contribution in [0.15, 0.2) is 65.6 Å². The maximum absolute atomic E-state index is 12.4. The molecule has 0 spiro atoms. The third kappa shape index (κ3) is 3.30. The summed E-state index contributed by atoms with van der Waals surface area (Å²) in [6, 6.07) is 20.4. The number of benzene rings is 2. The van der Waals surface area contributed by atoms with E-state index >= 15 is 0 Å². The van der Waals surface area contributed by atoms with Gasteiger partial charge in [0.1, 0.15) is 0 Å². The lowest BCUT2D eigenvalue weighted by atomic mass is 9.95. The van der Waals surface area contributed by atoms with Gasteiger partial charge in [0.25, 0.3) is 0 Å². The summed E-state index contributed by atoms with van der Waals surface area (Å²) in [5.41, 5.74) is 0.900. The Morgan fingerprint density at radius 2 is 1.62 bits per heavy atom. The van der Waals surface area contributed by atoms with Crippen LogP contribution >= 0.6 is 11.8 Å². The Morgan fingerprint density at radius 3 is 2.24 bits per heavy atom. The van der Waals surface area contributed by atoms with E-state index in [0.29, 0.717) is 6.54 Å². The van der Waals surface area contributed by atoms with Crippen molar-refractivity contribution in [2.24, 2.45) is 0 Å². The van der Waals surface area contributed by atoms with Crippen molar-refractivity contribution in [3.05, 3.63) is 66.2 Å². The third-order valence-electron chi connectivity index (χ3n) is 3.91. The zero-order valence-corrected chi connectivity index (χ0v) is 12.7. The molecule has 2 nitrogen and oxygen atoms in total. The molecule has 0 aromatic heterocycles. The largest absolute Gasteiger partial charge is 0.354 e. The van der Waals surface area contributed by atoms with E-state index < -0.39 is 0 Å². The summed E-state index contributed by atoms with van der Waals surface area (Å²) in [6.07, 6.45) is 1.93. The Kier molecular flexibility index (Phi) is 4.30. The van der Waals surface area contributed by atoms with Crippen LogP contribution in [0.5, 0.6) is 0 Å². The molecule has 0 aliphatic heterocycles. The highest BCUT2D eigenvalue weighted by atomic mass is 32.2. The second-order valence-electron chi connectivity index (χ2n) is 5.37. The van der Waals surface area contributed by atoms with Crippen molar-refractivity contribution in [3.8, 4) is 0 Å². The molecule has 3 heteroatoms. The van der Waals surface area contributed by atoms with E-state index in [1.54, 1.807) is 11.8 Å². The monoisotopic (exact) mass is 297 g/mol. The highest BCUT2D eigenvalue weighted by Crippen LogP contribution is 2.48. The average Bonchev–Trinajstić information content (AvgIpc) is 3.35. The number of hydrogen-bond acceptors (Lipinski definition) is 2. The Morgan fingerprint density at radius 1 is 1.00 bits per heavy atom. The molecule has 1 aliphatic rings. The van der Waals surface area contributed by atoms with Crippen LogP contribution in [0, 0.1) is 0 Å². The zero-order chi connectivity index (χ0) is 14.5. The number of amides is 1. The normalized spacial score (nSPS) is 15.4. The summed E-state index contributed by atoms with van der Waals surface area (Å²) in [5.74, 6) is 1.09. The molecule has 2 aromatic carbocycles. The standard InChI is InChI=1S/C18H19NOS/c20-17(18(11-12-18)15-7-3-1-4-8-15)19-13-14-21-16-9-5-2-6-10-16/h1-10H,11-14H2,(H,19,20). The first kappa shape index (κ1) is 14.2. The van der Waals surface area contributed by atoms with E-state index in [-0.39, 0.29) is 11.3 Å². The first-order valence-electron chi connectivity index (χ1n) is 7.33. The fraction of sp³-hybridized carbons (Fsp3) is 0.278. The molecule has 0 saturated heterocycles. The molecule has 0 atom stereocenters. The molecule has 2 aromatic rings. The highest BCUT2D eigenvalue weighted by molar-refractivity contribution is 7.99. The minimum atomic E-state index is -0.251. The van der Waals surface area contributed by atoms with Gasteiger partial charge in [0.2, 0.25) is 5.91 Å². The van der Waals surface area contributed by atoms with Gasteiger partial charge in [0.15, 0.2) is 0 Å². The lowest BCUT2D eigenvalue weighted by Gasteiger charge is -2.15. The summed E-state index contributed by atoms with van der Waals surface area (Å²) in [5, 5.41) is 3.09. The van der Waals surface area contributed by atoms with Gasteiger partial charge in [-0.3, -0.25) is 4.79 Å². The van der Waals surface area contributed by atoms with E-state index in [2.05, 4.69) is 29.6 Å². The van der Waals surface area contributed by atoms with Crippen LogP contribution in [0.2, 0.25) is 0 Å². The van der Waals surface area contributed by atoms with Gasteiger partial charge in [-0.25, -0.2) is 0 Å². The lowest BCUT2D eigenvalue weighted by molar-refractivity contribution is -0.123. The van der Waals surface area contributed by atoms with Crippen LogP contribution < -0.4 is 5.32 Å². The van der Waals surface area contributed by atoms with Crippen LogP contribution in [0.1, 0.15) is 18.4 Å². The average molecular weight is 297 g/mol. The van der Waals surface area contributed by atoms with Gasteiger partial charge in [0, 0.05) is 17.2 Å². The van der Waals surface area contributed by atoms with Crippen molar-refractivity contribution < 1.29 is 4.79 Å². The second kappa shape index (κ2) is 6.35. The SMILES string of the molecule is O=C(NCCSc1ccccc1)C1(c2ccccc2)CC1. The molecule has 21 heavy (non-hydrogen) atoms. The summed E-state index contributed by atoms with van der Waals surface area (Å²) < 4.78 is 0. The van der Waals surface area contributed by atoms with Gasteiger partial charge in [-0.05, 0) is 30.5 Å².